The van der Waals surface area contributed by atoms with E-state index in [1.165, 1.54) is 4.88 Å². The highest BCUT2D eigenvalue weighted by Gasteiger charge is 2.05. The van der Waals surface area contributed by atoms with Gasteiger partial charge in [0.25, 0.3) is 5.91 Å². The topological polar surface area (TPSA) is 70.6 Å². The molecule has 0 saturated carbocycles. The molecule has 1 heterocycles. The molecular formula is C17H19N3O2S. The molecule has 0 fully saturated rings. The first-order valence-corrected chi connectivity index (χ1v) is 8.20. The molecule has 0 aliphatic heterocycles. The Morgan fingerprint density at radius 3 is 2.52 bits per heavy atom. The highest BCUT2D eigenvalue weighted by molar-refractivity contribution is 7.13. The maximum absolute atomic E-state index is 12.0. The van der Waals surface area contributed by atoms with Gasteiger partial charge in [-0.3, -0.25) is 9.59 Å². The van der Waals surface area contributed by atoms with Crippen molar-refractivity contribution in [1.29, 1.82) is 0 Å². The van der Waals surface area contributed by atoms with E-state index >= 15 is 0 Å². The lowest BCUT2D eigenvalue weighted by Gasteiger charge is -2.05. The van der Waals surface area contributed by atoms with Crippen molar-refractivity contribution in [3.05, 3.63) is 51.7 Å². The van der Waals surface area contributed by atoms with Crippen LogP contribution in [0.3, 0.4) is 0 Å². The molecule has 2 amide bonds. The Labute approximate surface area is 139 Å². The lowest BCUT2D eigenvalue weighted by Crippen LogP contribution is -2.17. The highest BCUT2D eigenvalue weighted by Crippen LogP contribution is 2.12. The number of hydrogen-bond donors (Lipinski definition) is 2. The van der Waals surface area contributed by atoms with E-state index in [0.717, 1.165) is 11.3 Å². The second-order valence-corrected chi connectivity index (χ2v) is 6.34. The molecule has 6 heteroatoms. The molecule has 0 radical (unpaired) electrons. The highest BCUT2D eigenvalue weighted by atomic mass is 32.1. The van der Waals surface area contributed by atoms with Gasteiger partial charge in [0.15, 0.2) is 0 Å². The second kappa shape index (κ2) is 8.24. The van der Waals surface area contributed by atoms with Gasteiger partial charge in [-0.05, 0) is 49.7 Å². The number of nitrogens with one attached hydrogen (secondary N) is 2. The minimum absolute atomic E-state index is 0.0273. The Balaban J connectivity index is 1.89. The van der Waals surface area contributed by atoms with Crippen LogP contribution < -0.4 is 10.7 Å². The van der Waals surface area contributed by atoms with E-state index < -0.39 is 0 Å². The summed E-state index contributed by atoms with van der Waals surface area (Å²) in [5.41, 5.74) is 3.65. The largest absolute Gasteiger partial charge is 0.326 e. The minimum Gasteiger partial charge on any atom is -0.326 e. The van der Waals surface area contributed by atoms with E-state index in [0.29, 0.717) is 17.7 Å². The van der Waals surface area contributed by atoms with E-state index in [-0.39, 0.29) is 11.8 Å². The van der Waals surface area contributed by atoms with Gasteiger partial charge in [0, 0.05) is 27.4 Å². The number of benzene rings is 1. The summed E-state index contributed by atoms with van der Waals surface area (Å²) in [7, 11) is 0. The van der Waals surface area contributed by atoms with E-state index in [4.69, 9.17) is 0 Å². The quantitative estimate of drug-likeness (QED) is 0.628. The van der Waals surface area contributed by atoms with Crippen LogP contribution in [0.5, 0.6) is 0 Å². The van der Waals surface area contributed by atoms with Gasteiger partial charge in [0.05, 0.1) is 6.21 Å². The smallest absolute Gasteiger partial charge is 0.271 e. The number of hydrogen-bond acceptors (Lipinski definition) is 4. The summed E-state index contributed by atoms with van der Waals surface area (Å²) >= 11 is 1.61. The summed E-state index contributed by atoms with van der Waals surface area (Å²) in [6.07, 6.45) is 2.90. The van der Waals surface area contributed by atoms with Gasteiger partial charge in [0.2, 0.25) is 5.91 Å². The Bertz CT molecular complexity index is 705. The van der Waals surface area contributed by atoms with Gasteiger partial charge in [-0.25, -0.2) is 5.43 Å². The van der Waals surface area contributed by atoms with Gasteiger partial charge in [-0.1, -0.05) is 6.92 Å². The van der Waals surface area contributed by atoms with Crippen molar-refractivity contribution >= 4 is 35.1 Å². The predicted octanol–water partition coefficient (Wildman–Crippen LogP) is 3.56. The monoisotopic (exact) mass is 329 g/mol. The van der Waals surface area contributed by atoms with Crippen molar-refractivity contribution in [1.82, 2.24) is 5.43 Å². The van der Waals surface area contributed by atoms with E-state index in [1.54, 1.807) is 41.8 Å². The summed E-state index contributed by atoms with van der Waals surface area (Å²) < 4.78 is 0. The zero-order valence-electron chi connectivity index (χ0n) is 13.1. The van der Waals surface area contributed by atoms with Gasteiger partial charge >= 0.3 is 0 Å². The zero-order valence-corrected chi connectivity index (χ0v) is 13.9. The molecule has 1 aromatic carbocycles. The van der Waals surface area contributed by atoms with Crippen LogP contribution >= 0.6 is 11.3 Å². The average Bonchev–Trinajstić information content (AvgIpc) is 2.93. The number of aryl methyl sites for hydroxylation is 1. The van der Waals surface area contributed by atoms with Crippen molar-refractivity contribution in [3.8, 4) is 0 Å². The number of thiophene rings is 1. The fourth-order valence-corrected chi connectivity index (χ4v) is 2.65. The third kappa shape index (κ3) is 5.34. The number of anilines is 1. The molecule has 0 saturated heterocycles. The van der Waals surface area contributed by atoms with E-state index in [2.05, 4.69) is 15.8 Å². The second-order valence-electron chi connectivity index (χ2n) is 5.02. The normalized spacial score (nSPS) is 10.7. The molecule has 0 aliphatic rings. The summed E-state index contributed by atoms with van der Waals surface area (Å²) in [5, 5.41) is 6.72. The molecule has 0 atom stereocenters. The molecule has 5 nitrogen and oxygen atoms in total. The first kappa shape index (κ1) is 16.9. The first-order chi connectivity index (χ1) is 11.1. The molecule has 0 unspecified atom stereocenters. The van der Waals surface area contributed by atoms with Crippen molar-refractivity contribution < 1.29 is 9.59 Å². The van der Waals surface area contributed by atoms with Crippen LogP contribution in [-0.2, 0) is 4.79 Å². The van der Waals surface area contributed by atoms with Gasteiger partial charge in [-0.2, -0.15) is 5.10 Å². The third-order valence-electron chi connectivity index (χ3n) is 3.03. The molecular weight excluding hydrogens is 310 g/mol. The number of amides is 2. The standard InChI is InChI=1S/C17H19N3O2S/c1-3-4-16(21)19-14-8-6-13(7-9-14)17(22)20-18-11-15-10-5-12(2)23-15/h5-11H,3-4H2,1-2H3,(H,19,21)(H,20,22)/b18-11+. The third-order valence-corrected chi connectivity index (χ3v) is 3.96. The fourth-order valence-electron chi connectivity index (χ4n) is 1.90. The zero-order chi connectivity index (χ0) is 16.7. The molecule has 1 aromatic heterocycles. The predicted molar refractivity (Wildman–Crippen MR) is 94.1 cm³/mol. The lowest BCUT2D eigenvalue weighted by molar-refractivity contribution is -0.116. The van der Waals surface area contributed by atoms with E-state index in [1.807, 2.05) is 26.0 Å². The van der Waals surface area contributed by atoms with E-state index in [9.17, 15) is 9.59 Å². The van der Waals surface area contributed by atoms with Crippen LogP contribution in [-0.4, -0.2) is 18.0 Å². The van der Waals surface area contributed by atoms with Crippen molar-refractivity contribution in [3.63, 3.8) is 0 Å². The Morgan fingerprint density at radius 1 is 1.17 bits per heavy atom. The molecule has 0 aliphatic carbocycles. The Kier molecular flexibility index (Phi) is 6.05. The molecule has 0 spiro atoms. The minimum atomic E-state index is -0.291. The fraction of sp³-hybridized carbons (Fsp3) is 0.235. The summed E-state index contributed by atoms with van der Waals surface area (Å²) in [4.78, 5) is 25.6. The number of rotatable bonds is 6. The lowest BCUT2D eigenvalue weighted by atomic mass is 10.2. The number of hydrazone groups is 1. The van der Waals surface area contributed by atoms with Crippen LogP contribution in [0.2, 0.25) is 0 Å². The van der Waals surface area contributed by atoms with Crippen molar-refractivity contribution in [2.45, 2.75) is 26.7 Å². The molecule has 2 N–H and O–H groups in total. The van der Waals surface area contributed by atoms with Crippen LogP contribution in [0.25, 0.3) is 0 Å². The maximum Gasteiger partial charge on any atom is 0.271 e. The number of nitrogens with zero attached hydrogens (tertiary/aromatic N) is 1. The molecule has 120 valence electrons. The maximum atomic E-state index is 12.0. The van der Waals surface area contributed by atoms with Crippen LogP contribution in [0, 0.1) is 6.92 Å². The average molecular weight is 329 g/mol. The molecule has 23 heavy (non-hydrogen) atoms. The van der Waals surface area contributed by atoms with Crippen LogP contribution in [0.1, 0.15) is 39.9 Å². The van der Waals surface area contributed by atoms with Crippen molar-refractivity contribution in [2.75, 3.05) is 5.32 Å². The molecule has 2 rings (SSSR count). The Hall–Kier alpha value is -2.47. The number of carbonyl (C=O) groups is 2. The number of carbonyl (C=O) groups excluding carboxylic acids is 2. The summed E-state index contributed by atoms with van der Waals surface area (Å²) in [5.74, 6) is -0.318. The first-order valence-electron chi connectivity index (χ1n) is 7.38. The van der Waals surface area contributed by atoms with Crippen molar-refractivity contribution in [2.24, 2.45) is 5.10 Å². The Morgan fingerprint density at radius 2 is 1.91 bits per heavy atom. The SMILES string of the molecule is CCCC(=O)Nc1ccc(C(=O)N/N=C/c2ccc(C)s2)cc1. The summed E-state index contributed by atoms with van der Waals surface area (Å²) in [6, 6.07) is 10.7. The van der Waals surface area contributed by atoms with Gasteiger partial charge in [0.1, 0.15) is 0 Å². The van der Waals surface area contributed by atoms with Crippen LogP contribution in [0.4, 0.5) is 5.69 Å². The summed E-state index contributed by atoms with van der Waals surface area (Å²) in [6.45, 7) is 3.96. The van der Waals surface area contributed by atoms with Gasteiger partial charge in [-0.15, -0.1) is 11.3 Å². The van der Waals surface area contributed by atoms with Gasteiger partial charge < -0.3 is 5.32 Å². The van der Waals surface area contributed by atoms with Crippen LogP contribution in [0.15, 0.2) is 41.5 Å². The molecule has 2 aromatic rings. The molecule has 0 bridgehead atoms.